The first-order valence-electron chi connectivity index (χ1n) is 4.68. The highest BCUT2D eigenvalue weighted by molar-refractivity contribution is 6.36. The van der Waals surface area contributed by atoms with Crippen molar-refractivity contribution in [2.75, 3.05) is 0 Å². The molecule has 3 heteroatoms. The summed E-state index contributed by atoms with van der Waals surface area (Å²) in [4.78, 5) is 11.6. The smallest absolute Gasteiger partial charge is 0.162 e. The SMILES string of the molecule is C/C=C/C(=O)C(C)c1c(Cl)cccc1Cl. The minimum atomic E-state index is -0.303. The van der Waals surface area contributed by atoms with E-state index in [4.69, 9.17) is 23.2 Å². The van der Waals surface area contributed by atoms with E-state index in [0.717, 1.165) is 0 Å². The van der Waals surface area contributed by atoms with Crippen molar-refractivity contribution >= 4 is 29.0 Å². The predicted molar refractivity (Wildman–Crippen MR) is 64.7 cm³/mol. The van der Waals surface area contributed by atoms with Gasteiger partial charge in [0, 0.05) is 16.0 Å². The molecule has 0 N–H and O–H groups in total. The third-order valence-electron chi connectivity index (χ3n) is 2.19. The van der Waals surface area contributed by atoms with Crippen LogP contribution in [-0.4, -0.2) is 5.78 Å². The Morgan fingerprint density at radius 1 is 1.33 bits per heavy atom. The van der Waals surface area contributed by atoms with Gasteiger partial charge < -0.3 is 0 Å². The van der Waals surface area contributed by atoms with Gasteiger partial charge in [0.2, 0.25) is 0 Å². The molecule has 0 saturated heterocycles. The molecule has 0 fully saturated rings. The van der Waals surface area contributed by atoms with Crippen LogP contribution < -0.4 is 0 Å². The number of rotatable bonds is 3. The van der Waals surface area contributed by atoms with Crippen LogP contribution in [0.1, 0.15) is 25.3 Å². The zero-order valence-electron chi connectivity index (χ0n) is 8.63. The van der Waals surface area contributed by atoms with E-state index in [-0.39, 0.29) is 11.7 Å². The Labute approximate surface area is 99.7 Å². The summed E-state index contributed by atoms with van der Waals surface area (Å²) in [5.74, 6) is -0.296. The number of halogens is 2. The van der Waals surface area contributed by atoms with Gasteiger partial charge in [0.1, 0.15) is 0 Å². The lowest BCUT2D eigenvalue weighted by Gasteiger charge is -2.12. The molecular weight excluding hydrogens is 231 g/mol. The van der Waals surface area contributed by atoms with Crippen LogP contribution in [0.4, 0.5) is 0 Å². The number of hydrogen-bond donors (Lipinski definition) is 0. The average Bonchev–Trinajstić information content (AvgIpc) is 2.17. The first-order chi connectivity index (χ1) is 7.07. The lowest BCUT2D eigenvalue weighted by atomic mass is 9.96. The maximum absolute atomic E-state index is 11.6. The van der Waals surface area contributed by atoms with Gasteiger partial charge in [-0.15, -0.1) is 0 Å². The van der Waals surface area contributed by atoms with Crippen molar-refractivity contribution in [1.82, 2.24) is 0 Å². The monoisotopic (exact) mass is 242 g/mol. The topological polar surface area (TPSA) is 17.1 Å². The van der Waals surface area contributed by atoms with E-state index in [2.05, 4.69) is 0 Å². The first kappa shape index (κ1) is 12.3. The zero-order valence-corrected chi connectivity index (χ0v) is 10.1. The summed E-state index contributed by atoms with van der Waals surface area (Å²) in [6.07, 6.45) is 3.24. The van der Waals surface area contributed by atoms with Crippen molar-refractivity contribution in [2.45, 2.75) is 19.8 Å². The number of benzene rings is 1. The van der Waals surface area contributed by atoms with E-state index in [1.807, 2.05) is 0 Å². The second-order valence-corrected chi connectivity index (χ2v) is 4.07. The van der Waals surface area contributed by atoms with Crippen LogP contribution in [0.3, 0.4) is 0 Å². The van der Waals surface area contributed by atoms with Crippen LogP contribution in [0.5, 0.6) is 0 Å². The molecule has 0 aromatic heterocycles. The van der Waals surface area contributed by atoms with E-state index in [0.29, 0.717) is 15.6 Å². The summed E-state index contributed by atoms with van der Waals surface area (Å²) >= 11 is 12.0. The summed E-state index contributed by atoms with van der Waals surface area (Å²) < 4.78 is 0. The molecule has 0 aliphatic carbocycles. The van der Waals surface area contributed by atoms with Gasteiger partial charge in [-0.1, -0.05) is 42.3 Å². The largest absolute Gasteiger partial charge is 0.294 e. The Morgan fingerprint density at radius 2 is 1.87 bits per heavy atom. The van der Waals surface area contributed by atoms with Crippen molar-refractivity contribution < 1.29 is 4.79 Å². The molecular formula is C12H12Cl2O. The minimum Gasteiger partial charge on any atom is -0.294 e. The predicted octanol–water partition coefficient (Wildman–Crippen LogP) is 4.24. The molecule has 0 radical (unpaired) electrons. The second-order valence-electron chi connectivity index (χ2n) is 3.26. The molecule has 0 spiro atoms. The van der Waals surface area contributed by atoms with E-state index in [9.17, 15) is 4.79 Å². The van der Waals surface area contributed by atoms with Crippen LogP contribution in [0.15, 0.2) is 30.4 Å². The molecule has 1 rings (SSSR count). The van der Waals surface area contributed by atoms with Gasteiger partial charge in [0.15, 0.2) is 5.78 Å². The average molecular weight is 243 g/mol. The van der Waals surface area contributed by atoms with Crippen LogP contribution >= 0.6 is 23.2 Å². The number of hydrogen-bond acceptors (Lipinski definition) is 1. The van der Waals surface area contributed by atoms with Crippen LogP contribution in [0, 0.1) is 0 Å². The molecule has 15 heavy (non-hydrogen) atoms. The zero-order chi connectivity index (χ0) is 11.4. The standard InChI is InChI=1S/C12H12Cl2O/c1-3-5-11(15)8(2)12-9(13)6-4-7-10(12)14/h3-8H,1-2H3/b5-3+. The van der Waals surface area contributed by atoms with Crippen molar-refractivity contribution in [3.63, 3.8) is 0 Å². The molecule has 1 atom stereocenters. The highest BCUT2D eigenvalue weighted by Crippen LogP contribution is 2.31. The maximum Gasteiger partial charge on any atom is 0.162 e. The molecule has 0 saturated carbocycles. The third-order valence-corrected chi connectivity index (χ3v) is 2.85. The van der Waals surface area contributed by atoms with Gasteiger partial charge >= 0.3 is 0 Å². The number of allylic oxidation sites excluding steroid dienone is 2. The number of carbonyl (C=O) groups excluding carboxylic acids is 1. The Hall–Kier alpha value is -0.790. The Morgan fingerprint density at radius 3 is 2.33 bits per heavy atom. The van der Waals surface area contributed by atoms with E-state index in [1.165, 1.54) is 6.08 Å². The normalized spacial score (nSPS) is 13.1. The van der Waals surface area contributed by atoms with E-state index < -0.39 is 0 Å². The quantitative estimate of drug-likeness (QED) is 0.725. The summed E-state index contributed by atoms with van der Waals surface area (Å²) in [5, 5.41) is 1.07. The van der Waals surface area contributed by atoms with Crippen molar-refractivity contribution in [3.05, 3.63) is 46.0 Å². The molecule has 0 heterocycles. The van der Waals surface area contributed by atoms with Gasteiger partial charge in [0.25, 0.3) is 0 Å². The maximum atomic E-state index is 11.6. The fourth-order valence-corrected chi connectivity index (χ4v) is 2.10. The van der Waals surface area contributed by atoms with Gasteiger partial charge in [-0.2, -0.15) is 0 Å². The Kier molecular flexibility index (Phi) is 4.37. The van der Waals surface area contributed by atoms with Crippen LogP contribution in [0.2, 0.25) is 10.0 Å². The highest BCUT2D eigenvalue weighted by atomic mass is 35.5. The fourth-order valence-electron chi connectivity index (χ4n) is 1.38. The Bertz CT molecular complexity index is 376. The van der Waals surface area contributed by atoms with Crippen LogP contribution in [-0.2, 0) is 4.79 Å². The minimum absolute atomic E-state index is 0.00694. The van der Waals surface area contributed by atoms with Gasteiger partial charge in [0.05, 0.1) is 0 Å². The number of carbonyl (C=O) groups is 1. The Balaban J connectivity index is 3.10. The first-order valence-corrected chi connectivity index (χ1v) is 5.44. The molecule has 1 aromatic rings. The summed E-state index contributed by atoms with van der Waals surface area (Å²) in [7, 11) is 0. The van der Waals surface area contributed by atoms with E-state index >= 15 is 0 Å². The van der Waals surface area contributed by atoms with Crippen LogP contribution in [0.25, 0.3) is 0 Å². The molecule has 0 aliphatic rings. The van der Waals surface area contributed by atoms with Gasteiger partial charge in [-0.3, -0.25) is 4.79 Å². The van der Waals surface area contributed by atoms with Gasteiger partial charge in [-0.05, 0) is 30.7 Å². The molecule has 0 bridgehead atoms. The van der Waals surface area contributed by atoms with Gasteiger partial charge in [-0.25, -0.2) is 0 Å². The van der Waals surface area contributed by atoms with Crippen molar-refractivity contribution in [3.8, 4) is 0 Å². The fraction of sp³-hybridized carbons (Fsp3) is 0.250. The third kappa shape index (κ3) is 2.83. The second kappa shape index (κ2) is 5.34. The highest BCUT2D eigenvalue weighted by Gasteiger charge is 2.18. The van der Waals surface area contributed by atoms with E-state index in [1.54, 1.807) is 38.1 Å². The molecule has 1 aromatic carbocycles. The lowest BCUT2D eigenvalue weighted by Crippen LogP contribution is -2.07. The summed E-state index contributed by atoms with van der Waals surface area (Å²) in [5.41, 5.74) is 0.698. The molecule has 0 amide bonds. The molecule has 1 unspecified atom stereocenters. The number of ketones is 1. The summed E-state index contributed by atoms with van der Waals surface area (Å²) in [6.45, 7) is 3.61. The summed E-state index contributed by atoms with van der Waals surface area (Å²) in [6, 6.07) is 5.24. The molecule has 0 aliphatic heterocycles. The lowest BCUT2D eigenvalue weighted by molar-refractivity contribution is -0.115. The molecule has 80 valence electrons. The molecule has 1 nitrogen and oxygen atoms in total. The van der Waals surface area contributed by atoms with Crippen molar-refractivity contribution in [2.24, 2.45) is 0 Å². The van der Waals surface area contributed by atoms with Crippen molar-refractivity contribution in [1.29, 1.82) is 0 Å².